The van der Waals surface area contributed by atoms with Crippen LogP contribution in [0.25, 0.3) is 0 Å². The molecule has 6 nitrogen and oxygen atoms in total. The molecule has 138 valence electrons. The largest absolute Gasteiger partial charge is 0.497 e. The smallest absolute Gasteiger partial charge is 0.254 e. The number of sulfone groups is 1. The molecule has 2 fully saturated rings. The van der Waals surface area contributed by atoms with Crippen molar-refractivity contribution in [2.45, 2.75) is 44.2 Å². The van der Waals surface area contributed by atoms with E-state index in [1.807, 2.05) is 4.90 Å². The van der Waals surface area contributed by atoms with Gasteiger partial charge >= 0.3 is 0 Å². The molecule has 1 aromatic rings. The minimum Gasteiger partial charge on any atom is -0.497 e. The van der Waals surface area contributed by atoms with Gasteiger partial charge in [0.1, 0.15) is 11.5 Å². The van der Waals surface area contributed by atoms with Gasteiger partial charge in [-0.2, -0.15) is 0 Å². The highest BCUT2D eigenvalue weighted by Gasteiger charge is 2.39. The number of hydrogen-bond donors (Lipinski definition) is 0. The molecule has 1 aliphatic carbocycles. The summed E-state index contributed by atoms with van der Waals surface area (Å²) in [4.78, 5) is 15.1. The molecule has 1 amide bonds. The van der Waals surface area contributed by atoms with Crippen molar-refractivity contribution in [3.8, 4) is 11.5 Å². The van der Waals surface area contributed by atoms with Crippen molar-refractivity contribution in [1.29, 1.82) is 0 Å². The third-order valence-corrected chi connectivity index (χ3v) is 6.90. The van der Waals surface area contributed by atoms with Crippen LogP contribution in [-0.4, -0.2) is 57.0 Å². The standard InChI is InChI=1S/C18H25NO5S/c1-23-16-9-13(10-17(11-16)24-2)18(20)19(14-5-3-4-6-14)15-7-8-25(21,22)12-15/h9-11,14-15H,3-8,12H2,1-2H3/t15-/m0/s1. The highest BCUT2D eigenvalue weighted by Crippen LogP contribution is 2.32. The molecule has 1 aliphatic heterocycles. The van der Waals surface area contributed by atoms with Gasteiger partial charge in [-0.05, 0) is 31.4 Å². The lowest BCUT2D eigenvalue weighted by atomic mass is 10.1. The first kappa shape index (κ1) is 18.0. The van der Waals surface area contributed by atoms with Crippen molar-refractivity contribution in [1.82, 2.24) is 4.90 Å². The lowest BCUT2D eigenvalue weighted by molar-refractivity contribution is 0.0600. The second-order valence-corrected chi connectivity index (χ2v) is 9.04. The molecule has 1 saturated carbocycles. The van der Waals surface area contributed by atoms with Crippen LogP contribution in [0.4, 0.5) is 0 Å². The molecule has 7 heteroatoms. The van der Waals surface area contributed by atoms with Gasteiger partial charge in [0.2, 0.25) is 0 Å². The maximum atomic E-state index is 13.3. The molecule has 0 N–H and O–H groups in total. The van der Waals surface area contributed by atoms with E-state index in [0.29, 0.717) is 23.5 Å². The number of rotatable bonds is 5. The maximum absolute atomic E-state index is 13.3. The average molecular weight is 367 g/mol. The third kappa shape index (κ3) is 3.92. The van der Waals surface area contributed by atoms with E-state index in [1.165, 1.54) is 0 Å². The van der Waals surface area contributed by atoms with Gasteiger partial charge in [0.05, 0.1) is 25.7 Å². The van der Waals surface area contributed by atoms with Crippen molar-refractivity contribution < 1.29 is 22.7 Å². The average Bonchev–Trinajstić information content (AvgIpc) is 3.24. The van der Waals surface area contributed by atoms with Crippen LogP contribution < -0.4 is 9.47 Å². The fraction of sp³-hybridized carbons (Fsp3) is 0.611. The van der Waals surface area contributed by atoms with Crippen LogP contribution in [0.5, 0.6) is 11.5 Å². The van der Waals surface area contributed by atoms with Gasteiger partial charge < -0.3 is 14.4 Å². The number of carbonyl (C=O) groups excluding carboxylic acids is 1. The van der Waals surface area contributed by atoms with Gasteiger partial charge in [-0.3, -0.25) is 4.79 Å². The molecule has 1 aromatic carbocycles. The van der Waals surface area contributed by atoms with E-state index in [0.717, 1.165) is 25.7 Å². The third-order valence-electron chi connectivity index (χ3n) is 5.15. The molecule has 1 atom stereocenters. The number of hydrogen-bond acceptors (Lipinski definition) is 5. The van der Waals surface area contributed by atoms with Gasteiger partial charge in [-0.15, -0.1) is 0 Å². The summed E-state index contributed by atoms with van der Waals surface area (Å²) in [6, 6.07) is 4.98. The normalized spacial score (nSPS) is 22.7. The van der Waals surface area contributed by atoms with E-state index < -0.39 is 9.84 Å². The topological polar surface area (TPSA) is 72.9 Å². The first-order valence-electron chi connectivity index (χ1n) is 8.69. The van der Waals surface area contributed by atoms with Gasteiger partial charge in [0.25, 0.3) is 5.91 Å². The van der Waals surface area contributed by atoms with Crippen LogP contribution in [0.3, 0.4) is 0 Å². The minimum atomic E-state index is -3.05. The molecule has 2 aliphatic rings. The molecular formula is C18H25NO5S. The van der Waals surface area contributed by atoms with Crippen LogP contribution in [-0.2, 0) is 9.84 Å². The zero-order valence-electron chi connectivity index (χ0n) is 14.7. The fourth-order valence-electron chi connectivity index (χ4n) is 3.89. The van der Waals surface area contributed by atoms with E-state index in [9.17, 15) is 13.2 Å². The van der Waals surface area contributed by atoms with Crippen LogP contribution in [0.2, 0.25) is 0 Å². The molecule has 0 aromatic heterocycles. The Morgan fingerprint density at radius 2 is 1.60 bits per heavy atom. The summed E-state index contributed by atoms with van der Waals surface area (Å²) in [5.74, 6) is 1.19. The monoisotopic (exact) mass is 367 g/mol. The summed E-state index contributed by atoms with van der Waals surface area (Å²) in [5, 5.41) is 0. The lowest BCUT2D eigenvalue weighted by Gasteiger charge is -2.34. The predicted octanol–water partition coefficient (Wildman–Crippen LogP) is 2.28. The van der Waals surface area contributed by atoms with Crippen molar-refractivity contribution in [2.24, 2.45) is 0 Å². The minimum absolute atomic E-state index is 0.0658. The fourth-order valence-corrected chi connectivity index (χ4v) is 5.60. The summed E-state index contributed by atoms with van der Waals surface area (Å²) in [7, 11) is 0.0313. The number of ether oxygens (including phenoxy) is 2. The van der Waals surface area contributed by atoms with Gasteiger partial charge in [0, 0.05) is 23.7 Å². The van der Waals surface area contributed by atoms with Crippen molar-refractivity contribution in [3.63, 3.8) is 0 Å². The molecule has 0 radical (unpaired) electrons. The number of benzene rings is 1. The van der Waals surface area contributed by atoms with E-state index in [4.69, 9.17) is 9.47 Å². The number of amides is 1. The zero-order chi connectivity index (χ0) is 18.0. The van der Waals surface area contributed by atoms with Gasteiger partial charge in [-0.25, -0.2) is 8.42 Å². The highest BCUT2D eigenvalue weighted by molar-refractivity contribution is 7.91. The van der Waals surface area contributed by atoms with E-state index in [-0.39, 0.29) is 29.5 Å². The van der Waals surface area contributed by atoms with Gasteiger partial charge in [0.15, 0.2) is 9.84 Å². The molecule has 0 spiro atoms. The number of nitrogens with zero attached hydrogens (tertiary/aromatic N) is 1. The summed E-state index contributed by atoms with van der Waals surface area (Å²) < 4.78 is 34.4. The summed E-state index contributed by atoms with van der Waals surface area (Å²) in [6.07, 6.45) is 4.54. The maximum Gasteiger partial charge on any atom is 0.254 e. The summed E-state index contributed by atoms with van der Waals surface area (Å²) in [5.41, 5.74) is 0.479. The SMILES string of the molecule is COc1cc(OC)cc(C(=O)N(C2CCCC2)[C@H]2CCS(=O)(=O)C2)c1. The van der Waals surface area contributed by atoms with Crippen molar-refractivity contribution in [3.05, 3.63) is 23.8 Å². The zero-order valence-corrected chi connectivity index (χ0v) is 15.5. The summed E-state index contributed by atoms with van der Waals surface area (Å²) in [6.45, 7) is 0. The Hall–Kier alpha value is -1.76. The highest BCUT2D eigenvalue weighted by atomic mass is 32.2. The quantitative estimate of drug-likeness (QED) is 0.798. The molecule has 25 heavy (non-hydrogen) atoms. The van der Waals surface area contributed by atoms with Crippen LogP contribution in [0, 0.1) is 0 Å². The molecule has 0 unspecified atom stereocenters. The number of methoxy groups -OCH3 is 2. The van der Waals surface area contributed by atoms with Crippen molar-refractivity contribution in [2.75, 3.05) is 25.7 Å². The van der Waals surface area contributed by atoms with Crippen LogP contribution in [0.15, 0.2) is 18.2 Å². The van der Waals surface area contributed by atoms with Crippen LogP contribution in [0.1, 0.15) is 42.5 Å². The van der Waals surface area contributed by atoms with E-state index in [2.05, 4.69) is 0 Å². The Bertz CT molecular complexity index is 718. The predicted molar refractivity (Wildman–Crippen MR) is 95.0 cm³/mol. The first-order valence-corrected chi connectivity index (χ1v) is 10.5. The molecule has 1 saturated heterocycles. The van der Waals surface area contributed by atoms with E-state index >= 15 is 0 Å². The Morgan fingerprint density at radius 1 is 1.00 bits per heavy atom. The van der Waals surface area contributed by atoms with Crippen LogP contribution >= 0.6 is 0 Å². The number of carbonyl (C=O) groups is 1. The van der Waals surface area contributed by atoms with Crippen molar-refractivity contribution >= 4 is 15.7 Å². The second kappa shape index (κ2) is 7.23. The lowest BCUT2D eigenvalue weighted by Crippen LogP contribution is -2.46. The Balaban J connectivity index is 1.94. The Kier molecular flexibility index (Phi) is 5.22. The molecule has 1 heterocycles. The molecule has 3 rings (SSSR count). The van der Waals surface area contributed by atoms with Gasteiger partial charge in [-0.1, -0.05) is 12.8 Å². The Labute approximate surface area is 149 Å². The Morgan fingerprint density at radius 3 is 2.08 bits per heavy atom. The second-order valence-electron chi connectivity index (χ2n) is 6.81. The molecular weight excluding hydrogens is 342 g/mol. The summed E-state index contributed by atoms with van der Waals surface area (Å²) >= 11 is 0. The molecule has 0 bridgehead atoms. The first-order chi connectivity index (χ1) is 11.9. The van der Waals surface area contributed by atoms with E-state index in [1.54, 1.807) is 32.4 Å².